The fourth-order valence-electron chi connectivity index (χ4n) is 4.09. The largest absolute Gasteiger partial charge is 0.462 e. The zero-order valence-corrected chi connectivity index (χ0v) is 22.8. The molecular weight excluding hydrogens is 545 g/mol. The third-order valence-electron chi connectivity index (χ3n) is 6.00. The highest BCUT2D eigenvalue weighted by Crippen LogP contribution is 2.47. The number of esters is 1. The molecule has 1 fully saturated rings. The fourth-order valence-corrected chi connectivity index (χ4v) is 5.60. The standard InChI is InChI=1S/C25H30N5O9P/c1-5-25(34)19(31)18(38-23(25)30-12-11-17-20(30)27-24(26)28-21(17)32)13-36-40(35,39-16-9-7-6-8-10-16)29-15(4)22(33)37-14(2)3/h1,6-12,14-15,18-19,23,31,34H,13H2,2-4H3,(H,29,35)(H3,26,27,28,32)/t15-,18+,19?,23+,25+,40?/m0/s1. The lowest BCUT2D eigenvalue weighted by Crippen LogP contribution is -2.46. The van der Waals surface area contributed by atoms with E-state index in [0.717, 1.165) is 0 Å². The second-order valence-corrected chi connectivity index (χ2v) is 11.1. The molecule has 214 valence electrons. The van der Waals surface area contributed by atoms with Gasteiger partial charge in [-0.3, -0.25) is 19.1 Å². The first kappa shape index (κ1) is 29.3. The summed E-state index contributed by atoms with van der Waals surface area (Å²) in [7, 11) is -4.31. The van der Waals surface area contributed by atoms with Gasteiger partial charge >= 0.3 is 13.7 Å². The van der Waals surface area contributed by atoms with Gasteiger partial charge in [-0.25, -0.2) is 4.57 Å². The monoisotopic (exact) mass is 575 g/mol. The van der Waals surface area contributed by atoms with Gasteiger partial charge in [-0.1, -0.05) is 24.1 Å². The van der Waals surface area contributed by atoms with Crippen molar-refractivity contribution in [3.05, 3.63) is 52.9 Å². The number of aliphatic hydroxyl groups is 2. The summed E-state index contributed by atoms with van der Waals surface area (Å²) in [6.45, 7) is 4.15. The highest BCUT2D eigenvalue weighted by atomic mass is 31.2. The number of aromatic nitrogens is 3. The third kappa shape index (κ3) is 5.90. The van der Waals surface area contributed by atoms with Gasteiger partial charge in [0, 0.05) is 6.20 Å². The van der Waals surface area contributed by atoms with Gasteiger partial charge in [-0.05, 0) is 39.0 Å². The first-order chi connectivity index (χ1) is 18.9. The van der Waals surface area contributed by atoms with E-state index in [2.05, 4.69) is 21.0 Å². The minimum absolute atomic E-state index is 0.0472. The number of nitrogen functional groups attached to an aromatic ring is 1. The van der Waals surface area contributed by atoms with Crippen LogP contribution in [0.3, 0.4) is 0 Å². The second-order valence-electron chi connectivity index (χ2n) is 9.39. The van der Waals surface area contributed by atoms with E-state index in [1.54, 1.807) is 32.0 Å². The number of nitrogens with zero attached hydrogens (tertiary/aromatic N) is 2. The van der Waals surface area contributed by atoms with Crippen LogP contribution in [0.4, 0.5) is 5.95 Å². The Bertz CT molecular complexity index is 1520. The number of anilines is 1. The number of ether oxygens (including phenoxy) is 2. The molecule has 14 nitrogen and oxygen atoms in total. The number of aromatic amines is 1. The molecule has 1 aliphatic rings. The molecule has 3 heterocycles. The number of carbonyl (C=O) groups excluding carboxylic acids is 1. The Hall–Kier alpha value is -3.70. The van der Waals surface area contributed by atoms with Crippen molar-refractivity contribution in [1.29, 1.82) is 0 Å². The van der Waals surface area contributed by atoms with Crippen LogP contribution in [0, 0.1) is 12.3 Å². The summed E-state index contributed by atoms with van der Waals surface area (Å²) in [4.78, 5) is 31.1. The molecule has 6 N–H and O–H groups in total. The van der Waals surface area contributed by atoms with Gasteiger partial charge in [0.05, 0.1) is 18.1 Å². The number of carbonyl (C=O) groups is 1. The summed E-state index contributed by atoms with van der Waals surface area (Å²) in [6, 6.07) is 8.37. The van der Waals surface area contributed by atoms with Gasteiger partial charge in [0.25, 0.3) is 5.56 Å². The molecule has 3 aromatic rings. The van der Waals surface area contributed by atoms with Crippen LogP contribution >= 0.6 is 7.75 Å². The van der Waals surface area contributed by atoms with E-state index in [4.69, 9.17) is 30.7 Å². The summed E-state index contributed by atoms with van der Waals surface area (Å²) >= 11 is 0. The molecule has 0 bridgehead atoms. The first-order valence-corrected chi connectivity index (χ1v) is 13.8. The molecular formula is C25H30N5O9P. The summed E-state index contributed by atoms with van der Waals surface area (Å²) in [5.41, 5.74) is 2.88. The molecule has 6 atom stereocenters. The number of aliphatic hydroxyl groups excluding tert-OH is 1. The van der Waals surface area contributed by atoms with E-state index in [0.29, 0.717) is 0 Å². The van der Waals surface area contributed by atoms with E-state index in [1.807, 2.05) is 0 Å². The molecule has 4 rings (SSSR count). The Kier molecular flexibility index (Phi) is 8.36. The quantitative estimate of drug-likeness (QED) is 0.131. The van der Waals surface area contributed by atoms with Crippen molar-refractivity contribution in [2.45, 2.75) is 57.0 Å². The number of rotatable bonds is 10. The number of hydrogen-bond donors (Lipinski definition) is 5. The number of H-pyrrole nitrogens is 1. The van der Waals surface area contributed by atoms with E-state index in [9.17, 15) is 24.4 Å². The van der Waals surface area contributed by atoms with Gasteiger partial charge in [-0.2, -0.15) is 10.1 Å². The summed E-state index contributed by atoms with van der Waals surface area (Å²) < 4.78 is 37.2. The van der Waals surface area contributed by atoms with E-state index in [-0.39, 0.29) is 22.7 Å². The summed E-state index contributed by atoms with van der Waals surface area (Å²) in [5, 5.41) is 24.9. The molecule has 0 aliphatic carbocycles. The Labute approximate surface area is 229 Å². The van der Waals surface area contributed by atoms with E-state index >= 15 is 0 Å². The van der Waals surface area contributed by atoms with Crippen LogP contribution in [0.25, 0.3) is 11.0 Å². The lowest BCUT2D eigenvalue weighted by atomic mass is 9.95. The molecule has 1 saturated heterocycles. The molecule has 0 spiro atoms. The molecule has 0 saturated carbocycles. The molecule has 1 aromatic carbocycles. The maximum atomic E-state index is 13.8. The minimum atomic E-state index is -4.31. The van der Waals surface area contributed by atoms with Gasteiger partial charge in [-0.15, -0.1) is 6.42 Å². The van der Waals surface area contributed by atoms with Crippen molar-refractivity contribution in [1.82, 2.24) is 19.6 Å². The predicted octanol–water partition coefficient (Wildman–Crippen LogP) is 1.06. The fraction of sp³-hybridized carbons (Fsp3) is 0.400. The molecule has 40 heavy (non-hydrogen) atoms. The van der Waals surface area contributed by atoms with Gasteiger partial charge in [0.15, 0.2) is 17.5 Å². The number of nitrogens with two attached hydrogens (primary N) is 1. The lowest BCUT2D eigenvalue weighted by Gasteiger charge is -2.26. The lowest BCUT2D eigenvalue weighted by molar-refractivity contribution is -0.149. The average Bonchev–Trinajstić information content (AvgIpc) is 3.42. The van der Waals surface area contributed by atoms with E-state index < -0.39 is 62.1 Å². The smallest absolute Gasteiger partial charge is 0.459 e. The maximum absolute atomic E-state index is 13.8. The highest BCUT2D eigenvalue weighted by molar-refractivity contribution is 7.52. The number of para-hydroxylation sites is 1. The number of hydrogen-bond acceptors (Lipinski definition) is 11. The molecule has 2 unspecified atom stereocenters. The molecule has 2 aromatic heterocycles. The highest BCUT2D eigenvalue weighted by Gasteiger charge is 2.56. The molecule has 15 heteroatoms. The molecule has 1 aliphatic heterocycles. The van der Waals surface area contributed by atoms with Crippen LogP contribution in [0.5, 0.6) is 5.75 Å². The minimum Gasteiger partial charge on any atom is -0.462 e. The number of terminal acetylenes is 1. The predicted molar refractivity (Wildman–Crippen MR) is 143 cm³/mol. The van der Waals surface area contributed by atoms with E-state index in [1.165, 1.54) is 35.9 Å². The number of benzene rings is 1. The van der Waals surface area contributed by atoms with Crippen LogP contribution < -0.4 is 20.9 Å². The van der Waals surface area contributed by atoms with Crippen LogP contribution in [0.1, 0.15) is 27.0 Å². The first-order valence-electron chi connectivity index (χ1n) is 12.2. The van der Waals surface area contributed by atoms with Crippen molar-refractivity contribution in [2.75, 3.05) is 12.3 Å². The Morgan fingerprint density at radius 3 is 2.70 bits per heavy atom. The van der Waals surface area contributed by atoms with Crippen LogP contribution in [0.15, 0.2) is 47.4 Å². The van der Waals surface area contributed by atoms with Crippen molar-refractivity contribution < 1.29 is 38.1 Å². The van der Waals surface area contributed by atoms with Crippen molar-refractivity contribution >= 4 is 30.7 Å². The van der Waals surface area contributed by atoms with Gasteiger partial charge < -0.3 is 34.5 Å². The Balaban J connectivity index is 1.59. The SMILES string of the molecule is C#C[C@@]1(O)C(O)[C@@H](COP(=O)(N[C@@H](C)C(=O)OC(C)C)Oc2ccccc2)O[C@H]1n1ccc2c(=O)[nH]c(N)nc21. The number of fused-ring (bicyclic) bond motifs is 1. The molecule has 0 amide bonds. The van der Waals surface area contributed by atoms with Crippen molar-refractivity contribution in [3.63, 3.8) is 0 Å². The zero-order chi connectivity index (χ0) is 29.2. The topological polar surface area (TPSA) is 200 Å². The summed E-state index contributed by atoms with van der Waals surface area (Å²) in [5.74, 6) is 1.42. The molecule has 0 radical (unpaired) electrons. The third-order valence-corrected chi connectivity index (χ3v) is 7.65. The van der Waals surface area contributed by atoms with Crippen LogP contribution in [-0.4, -0.2) is 67.3 Å². The maximum Gasteiger partial charge on any atom is 0.459 e. The normalized spacial score (nSPS) is 24.9. The Morgan fingerprint density at radius 2 is 2.05 bits per heavy atom. The van der Waals surface area contributed by atoms with Gasteiger partial charge in [0.2, 0.25) is 5.95 Å². The van der Waals surface area contributed by atoms with Gasteiger partial charge in [0.1, 0.15) is 24.0 Å². The van der Waals surface area contributed by atoms with Crippen LogP contribution in [0.2, 0.25) is 0 Å². The van der Waals surface area contributed by atoms with Crippen molar-refractivity contribution in [3.8, 4) is 18.1 Å². The zero-order valence-electron chi connectivity index (χ0n) is 21.9. The Morgan fingerprint density at radius 1 is 1.35 bits per heavy atom. The average molecular weight is 576 g/mol. The van der Waals surface area contributed by atoms with Crippen molar-refractivity contribution in [2.24, 2.45) is 0 Å². The number of nitrogens with one attached hydrogen (secondary N) is 2. The summed E-state index contributed by atoms with van der Waals surface area (Å²) in [6.07, 6.45) is 2.05. The second kappa shape index (κ2) is 11.4. The van der Waals surface area contributed by atoms with Crippen LogP contribution in [-0.2, 0) is 23.4 Å².